The Morgan fingerprint density at radius 1 is 0.781 bits per heavy atom. The number of hydrogen-bond acceptors (Lipinski definition) is 3. The maximum atomic E-state index is 2.71. The minimum atomic E-state index is 0.614. The predicted octanol–water partition coefficient (Wildman–Crippen LogP) is 4.37. The van der Waals surface area contributed by atoms with E-state index in [4.69, 9.17) is 0 Å². The van der Waals surface area contributed by atoms with Gasteiger partial charge in [-0.3, -0.25) is 9.80 Å². The van der Waals surface area contributed by atoms with Crippen molar-refractivity contribution in [2.45, 2.75) is 19.4 Å². The van der Waals surface area contributed by atoms with Gasteiger partial charge in [0.15, 0.2) is 0 Å². The molecule has 4 heteroatoms. The number of benzene rings is 2. The lowest BCUT2D eigenvalue weighted by atomic mass is 9.88. The van der Waals surface area contributed by atoms with Crippen molar-refractivity contribution >= 4 is 5.69 Å². The third-order valence-electron chi connectivity index (χ3n) is 7.45. The molecule has 2 aliphatic rings. The average molecular weight is 429 g/mol. The predicted molar refractivity (Wildman–Crippen MR) is 133 cm³/mol. The second kappa shape index (κ2) is 9.51. The molecular formula is C28H36N4. The standard InChI is InChI=1S/C28H36N4/c1-23-10-12-24(13-11-23)28-22-31(21-27-9-6-14-29(27)2)20-25(28)19-30-15-17-32(18-16-30)26-7-4-3-5-8-26/h3-14,25,28H,15-22H2,1-2H3/t25-,28+/m1/s1. The number of likely N-dealkylation sites (tertiary alicyclic amines) is 1. The van der Waals surface area contributed by atoms with Crippen LogP contribution < -0.4 is 4.90 Å². The Hall–Kier alpha value is -2.56. The highest BCUT2D eigenvalue weighted by Gasteiger charge is 2.35. The van der Waals surface area contributed by atoms with E-state index in [1.54, 1.807) is 0 Å². The monoisotopic (exact) mass is 428 g/mol. The third kappa shape index (κ3) is 4.77. The van der Waals surface area contributed by atoms with Crippen LogP contribution in [0.1, 0.15) is 22.7 Å². The van der Waals surface area contributed by atoms with E-state index in [-0.39, 0.29) is 0 Å². The molecule has 0 N–H and O–H groups in total. The van der Waals surface area contributed by atoms with E-state index < -0.39 is 0 Å². The molecule has 168 valence electrons. The number of aromatic nitrogens is 1. The molecule has 0 bridgehead atoms. The summed E-state index contributed by atoms with van der Waals surface area (Å²) in [7, 11) is 2.16. The summed E-state index contributed by atoms with van der Waals surface area (Å²) in [6.07, 6.45) is 2.16. The Balaban J connectivity index is 1.26. The summed E-state index contributed by atoms with van der Waals surface area (Å²) in [4.78, 5) is 7.91. The van der Waals surface area contributed by atoms with Crippen LogP contribution in [0.4, 0.5) is 5.69 Å². The van der Waals surface area contributed by atoms with Crippen LogP contribution in [0.5, 0.6) is 0 Å². The van der Waals surface area contributed by atoms with Gasteiger partial charge in [0.25, 0.3) is 0 Å². The molecule has 2 saturated heterocycles. The highest BCUT2D eigenvalue weighted by atomic mass is 15.3. The Bertz CT molecular complexity index is 986. The average Bonchev–Trinajstić information content (AvgIpc) is 3.41. The largest absolute Gasteiger partial charge is 0.369 e. The number of hydrogen-bond donors (Lipinski definition) is 0. The zero-order valence-corrected chi connectivity index (χ0v) is 19.5. The molecule has 2 aliphatic heterocycles. The van der Waals surface area contributed by atoms with E-state index in [2.05, 4.69) is 106 Å². The molecule has 0 unspecified atom stereocenters. The van der Waals surface area contributed by atoms with Crippen LogP contribution in [0, 0.1) is 12.8 Å². The van der Waals surface area contributed by atoms with Crippen molar-refractivity contribution in [3.8, 4) is 0 Å². The lowest BCUT2D eigenvalue weighted by Gasteiger charge is -2.38. The molecule has 0 saturated carbocycles. The van der Waals surface area contributed by atoms with Gasteiger partial charge in [0.05, 0.1) is 0 Å². The fourth-order valence-corrected chi connectivity index (χ4v) is 5.51. The molecule has 0 amide bonds. The molecule has 2 fully saturated rings. The molecule has 0 radical (unpaired) electrons. The fraction of sp³-hybridized carbons (Fsp3) is 0.429. The number of piperazine rings is 1. The normalized spacial score (nSPS) is 22.5. The van der Waals surface area contributed by atoms with Crippen LogP contribution in [0.3, 0.4) is 0 Å². The van der Waals surface area contributed by atoms with Gasteiger partial charge in [0.2, 0.25) is 0 Å². The van der Waals surface area contributed by atoms with Crippen molar-refractivity contribution < 1.29 is 0 Å². The molecule has 4 nitrogen and oxygen atoms in total. The van der Waals surface area contributed by atoms with Crippen molar-refractivity contribution in [3.05, 3.63) is 89.7 Å². The second-order valence-electron chi connectivity index (χ2n) is 9.70. The summed E-state index contributed by atoms with van der Waals surface area (Å²) in [5.41, 5.74) is 5.63. The number of nitrogens with zero attached hydrogens (tertiary/aromatic N) is 4. The van der Waals surface area contributed by atoms with Crippen molar-refractivity contribution in [1.29, 1.82) is 0 Å². The van der Waals surface area contributed by atoms with Crippen molar-refractivity contribution in [2.75, 3.05) is 50.7 Å². The topological polar surface area (TPSA) is 14.7 Å². The van der Waals surface area contributed by atoms with Gasteiger partial charge in [-0.2, -0.15) is 0 Å². The van der Waals surface area contributed by atoms with Crippen LogP contribution >= 0.6 is 0 Å². The third-order valence-corrected chi connectivity index (χ3v) is 7.45. The highest BCUT2D eigenvalue weighted by Crippen LogP contribution is 2.34. The first-order chi connectivity index (χ1) is 15.7. The second-order valence-corrected chi connectivity index (χ2v) is 9.70. The molecule has 32 heavy (non-hydrogen) atoms. The number of aryl methyl sites for hydroxylation is 2. The van der Waals surface area contributed by atoms with Crippen molar-refractivity contribution in [3.63, 3.8) is 0 Å². The van der Waals surface area contributed by atoms with Gasteiger partial charge in [0.1, 0.15) is 0 Å². The highest BCUT2D eigenvalue weighted by molar-refractivity contribution is 5.46. The maximum absolute atomic E-state index is 2.71. The Morgan fingerprint density at radius 2 is 1.53 bits per heavy atom. The van der Waals surface area contributed by atoms with Crippen molar-refractivity contribution in [1.82, 2.24) is 14.4 Å². The molecule has 0 spiro atoms. The first-order valence-electron chi connectivity index (χ1n) is 12.1. The maximum Gasteiger partial charge on any atom is 0.0387 e. The van der Waals surface area contributed by atoms with E-state index >= 15 is 0 Å². The van der Waals surface area contributed by atoms with Crippen LogP contribution in [0.25, 0.3) is 0 Å². The zero-order chi connectivity index (χ0) is 21.9. The summed E-state index contributed by atoms with van der Waals surface area (Å²) >= 11 is 0. The van der Waals surface area contributed by atoms with Crippen LogP contribution in [0.2, 0.25) is 0 Å². The Kier molecular flexibility index (Phi) is 6.33. The van der Waals surface area contributed by atoms with Crippen LogP contribution in [0.15, 0.2) is 72.9 Å². The molecule has 3 heterocycles. The van der Waals surface area contributed by atoms with Gasteiger partial charge < -0.3 is 9.47 Å². The van der Waals surface area contributed by atoms with Crippen LogP contribution in [-0.2, 0) is 13.6 Å². The van der Waals surface area contributed by atoms with E-state index in [1.807, 2.05) is 0 Å². The Morgan fingerprint density at radius 3 is 2.22 bits per heavy atom. The van der Waals surface area contributed by atoms with Gasteiger partial charge in [-0.25, -0.2) is 0 Å². The van der Waals surface area contributed by atoms with Crippen LogP contribution in [-0.4, -0.2) is 60.2 Å². The lowest BCUT2D eigenvalue weighted by Crippen LogP contribution is -2.48. The van der Waals surface area contributed by atoms with Gasteiger partial charge >= 0.3 is 0 Å². The molecule has 2 atom stereocenters. The molecule has 2 aromatic carbocycles. The van der Waals surface area contributed by atoms with Gasteiger partial charge in [-0.05, 0) is 42.7 Å². The number of rotatable bonds is 6. The summed E-state index contributed by atoms with van der Waals surface area (Å²) in [6.45, 7) is 11.3. The van der Waals surface area contributed by atoms with E-state index in [0.29, 0.717) is 11.8 Å². The minimum Gasteiger partial charge on any atom is -0.369 e. The minimum absolute atomic E-state index is 0.614. The molecule has 1 aromatic heterocycles. The van der Waals surface area contributed by atoms with Crippen molar-refractivity contribution in [2.24, 2.45) is 13.0 Å². The molecular weight excluding hydrogens is 392 g/mol. The Labute approximate surface area is 193 Å². The lowest BCUT2D eigenvalue weighted by molar-refractivity contribution is 0.209. The smallest absolute Gasteiger partial charge is 0.0387 e. The quantitative estimate of drug-likeness (QED) is 0.579. The molecule has 5 rings (SSSR count). The van der Waals surface area contributed by atoms with E-state index in [1.165, 1.54) is 35.6 Å². The van der Waals surface area contributed by atoms with E-state index in [0.717, 1.165) is 39.3 Å². The molecule has 0 aliphatic carbocycles. The van der Waals surface area contributed by atoms with E-state index in [9.17, 15) is 0 Å². The SMILES string of the molecule is Cc1ccc([C@@H]2CN(Cc3cccn3C)C[C@H]2CN2CCN(c3ccccc3)CC2)cc1. The summed E-state index contributed by atoms with van der Waals surface area (Å²) < 4.78 is 2.26. The van der Waals surface area contributed by atoms with Gasteiger partial charge in [-0.15, -0.1) is 0 Å². The first kappa shape index (κ1) is 21.3. The summed E-state index contributed by atoms with van der Waals surface area (Å²) in [6, 6.07) is 24.6. The zero-order valence-electron chi connectivity index (χ0n) is 19.5. The molecule has 3 aromatic rings. The van der Waals surface area contributed by atoms with Gasteiger partial charge in [0, 0.05) is 82.9 Å². The fourth-order valence-electron chi connectivity index (χ4n) is 5.51. The number of para-hydroxylation sites is 1. The summed E-state index contributed by atoms with van der Waals surface area (Å²) in [5, 5.41) is 0. The number of anilines is 1. The summed E-state index contributed by atoms with van der Waals surface area (Å²) in [5.74, 6) is 1.30. The van der Waals surface area contributed by atoms with Gasteiger partial charge in [-0.1, -0.05) is 48.0 Å². The first-order valence-corrected chi connectivity index (χ1v) is 12.1.